The second-order valence-electron chi connectivity index (χ2n) is 3.98. The molecule has 0 saturated heterocycles. The first-order chi connectivity index (χ1) is 8.49. The van der Waals surface area contributed by atoms with Crippen molar-refractivity contribution in [1.29, 1.82) is 0 Å². The van der Waals surface area contributed by atoms with E-state index in [9.17, 15) is 14.7 Å². The summed E-state index contributed by atoms with van der Waals surface area (Å²) in [6.07, 6.45) is -0.982. The fourth-order valence-corrected chi connectivity index (χ4v) is 1.75. The zero-order valence-corrected chi connectivity index (χ0v) is 10.4. The second-order valence-corrected chi connectivity index (χ2v) is 3.98. The maximum Gasteiger partial charge on any atom is 0.329 e. The molecule has 1 aromatic carbocycles. The molecule has 1 aromatic rings. The Morgan fingerprint density at radius 1 is 1.28 bits per heavy atom. The van der Waals surface area contributed by atoms with Crippen molar-refractivity contribution in [1.82, 2.24) is 0 Å². The number of aliphatic carboxylic acids is 1. The molecule has 2 atom stereocenters. The summed E-state index contributed by atoms with van der Waals surface area (Å²) < 4.78 is 0. The zero-order chi connectivity index (χ0) is 13.7. The Labute approximate surface area is 106 Å². The summed E-state index contributed by atoms with van der Waals surface area (Å²) in [7, 11) is 0. The van der Waals surface area contributed by atoms with Crippen LogP contribution in [0.1, 0.15) is 20.3 Å². The van der Waals surface area contributed by atoms with Gasteiger partial charge in [-0.1, -0.05) is 25.1 Å². The number of carbonyl (C=O) groups excluding carboxylic acids is 1. The first-order valence-electron chi connectivity index (χ1n) is 5.77. The van der Waals surface area contributed by atoms with Gasteiger partial charge in [0.25, 0.3) is 0 Å². The lowest BCUT2D eigenvalue weighted by Crippen LogP contribution is -2.51. The molecular formula is C13H17NO4. The van der Waals surface area contributed by atoms with Gasteiger partial charge in [0.15, 0.2) is 6.04 Å². The summed E-state index contributed by atoms with van der Waals surface area (Å²) in [5.74, 6) is -1.56. The van der Waals surface area contributed by atoms with Crippen LogP contribution >= 0.6 is 0 Å². The number of para-hydroxylation sites is 1. The van der Waals surface area contributed by atoms with E-state index in [0.717, 1.165) is 4.90 Å². The molecule has 0 aliphatic rings. The van der Waals surface area contributed by atoms with E-state index >= 15 is 0 Å². The van der Waals surface area contributed by atoms with Crippen LogP contribution in [0.15, 0.2) is 30.3 Å². The summed E-state index contributed by atoms with van der Waals surface area (Å²) in [5.41, 5.74) is 0.470. The van der Waals surface area contributed by atoms with Crippen LogP contribution < -0.4 is 4.90 Å². The number of amides is 1. The minimum atomic E-state index is -1.28. The van der Waals surface area contributed by atoms with Crippen molar-refractivity contribution in [2.75, 3.05) is 4.90 Å². The van der Waals surface area contributed by atoms with Crippen LogP contribution in [-0.4, -0.2) is 34.2 Å². The van der Waals surface area contributed by atoms with E-state index in [4.69, 9.17) is 5.11 Å². The fraction of sp³-hybridized carbons (Fsp3) is 0.385. The zero-order valence-electron chi connectivity index (χ0n) is 10.4. The Bertz CT molecular complexity index is 416. The Kier molecular flexibility index (Phi) is 4.85. The number of aliphatic hydroxyl groups excluding tert-OH is 1. The lowest BCUT2D eigenvalue weighted by molar-refractivity contribution is -0.142. The van der Waals surface area contributed by atoms with E-state index in [1.165, 1.54) is 6.92 Å². The number of hydrogen-bond donors (Lipinski definition) is 2. The highest BCUT2D eigenvalue weighted by Gasteiger charge is 2.33. The number of nitrogens with zero attached hydrogens (tertiary/aromatic N) is 1. The predicted octanol–water partition coefficient (Wildman–Crippen LogP) is 1.26. The van der Waals surface area contributed by atoms with Crippen LogP contribution in [0.3, 0.4) is 0 Å². The van der Waals surface area contributed by atoms with Crippen LogP contribution in [0.2, 0.25) is 0 Å². The van der Waals surface area contributed by atoms with Gasteiger partial charge in [0.05, 0.1) is 6.10 Å². The molecule has 0 fully saturated rings. The van der Waals surface area contributed by atoms with Crippen LogP contribution in [-0.2, 0) is 9.59 Å². The number of rotatable bonds is 5. The van der Waals surface area contributed by atoms with Crippen molar-refractivity contribution in [2.24, 2.45) is 0 Å². The van der Waals surface area contributed by atoms with E-state index < -0.39 is 18.1 Å². The van der Waals surface area contributed by atoms with Crippen LogP contribution in [0.4, 0.5) is 5.69 Å². The van der Waals surface area contributed by atoms with Gasteiger partial charge in [-0.2, -0.15) is 0 Å². The molecule has 1 rings (SSSR count). The molecule has 0 aromatic heterocycles. The summed E-state index contributed by atoms with van der Waals surface area (Å²) in [5, 5.41) is 18.7. The van der Waals surface area contributed by atoms with Crippen LogP contribution in [0.25, 0.3) is 0 Å². The minimum absolute atomic E-state index is 0.172. The molecule has 0 radical (unpaired) electrons. The summed E-state index contributed by atoms with van der Waals surface area (Å²) in [4.78, 5) is 24.3. The van der Waals surface area contributed by atoms with Crippen molar-refractivity contribution >= 4 is 17.6 Å². The third-order valence-electron chi connectivity index (χ3n) is 2.59. The maximum absolute atomic E-state index is 11.9. The van der Waals surface area contributed by atoms with Crippen molar-refractivity contribution in [2.45, 2.75) is 32.4 Å². The molecule has 0 saturated carbocycles. The van der Waals surface area contributed by atoms with E-state index in [-0.39, 0.29) is 12.3 Å². The van der Waals surface area contributed by atoms with E-state index in [2.05, 4.69) is 0 Å². The Morgan fingerprint density at radius 3 is 2.22 bits per heavy atom. The van der Waals surface area contributed by atoms with E-state index in [1.807, 2.05) is 0 Å². The SMILES string of the molecule is CCC(=O)N(c1ccccc1)[C@H](C(=O)O)[C@@H](C)O. The van der Waals surface area contributed by atoms with Gasteiger partial charge < -0.3 is 10.2 Å². The molecule has 0 aliphatic heterocycles. The molecule has 0 bridgehead atoms. The molecular weight excluding hydrogens is 234 g/mol. The van der Waals surface area contributed by atoms with Gasteiger partial charge in [-0.15, -0.1) is 0 Å². The number of anilines is 1. The quantitative estimate of drug-likeness (QED) is 0.826. The van der Waals surface area contributed by atoms with Crippen LogP contribution in [0, 0.1) is 0 Å². The highest BCUT2D eigenvalue weighted by Crippen LogP contribution is 2.20. The van der Waals surface area contributed by atoms with Gasteiger partial charge in [0.2, 0.25) is 5.91 Å². The molecule has 0 unspecified atom stereocenters. The third kappa shape index (κ3) is 3.07. The summed E-state index contributed by atoms with van der Waals surface area (Å²) in [6, 6.07) is 7.21. The average Bonchev–Trinajstić information content (AvgIpc) is 2.34. The Hall–Kier alpha value is -1.88. The monoisotopic (exact) mass is 251 g/mol. The molecule has 18 heavy (non-hydrogen) atoms. The molecule has 0 aliphatic carbocycles. The van der Waals surface area contributed by atoms with Crippen molar-refractivity contribution in [3.8, 4) is 0 Å². The van der Waals surface area contributed by atoms with Gasteiger partial charge in [-0.3, -0.25) is 9.69 Å². The smallest absolute Gasteiger partial charge is 0.329 e. The lowest BCUT2D eigenvalue weighted by atomic mass is 10.1. The third-order valence-corrected chi connectivity index (χ3v) is 2.59. The van der Waals surface area contributed by atoms with Gasteiger partial charge in [-0.05, 0) is 19.1 Å². The van der Waals surface area contributed by atoms with Gasteiger partial charge in [0.1, 0.15) is 0 Å². The topological polar surface area (TPSA) is 77.8 Å². The van der Waals surface area contributed by atoms with Gasteiger partial charge >= 0.3 is 5.97 Å². The molecule has 5 heteroatoms. The minimum Gasteiger partial charge on any atom is -0.480 e. The first kappa shape index (κ1) is 14.2. The predicted molar refractivity (Wildman–Crippen MR) is 67.3 cm³/mol. The normalized spacial score (nSPS) is 13.7. The highest BCUT2D eigenvalue weighted by atomic mass is 16.4. The number of carboxylic acid groups (broad SMARTS) is 1. The highest BCUT2D eigenvalue weighted by molar-refractivity contribution is 5.99. The second kappa shape index (κ2) is 6.16. The number of hydrogen-bond acceptors (Lipinski definition) is 3. The molecule has 1 amide bonds. The molecule has 0 heterocycles. The number of carbonyl (C=O) groups is 2. The fourth-order valence-electron chi connectivity index (χ4n) is 1.75. The Balaban J connectivity index is 3.20. The number of carboxylic acids is 1. The number of benzene rings is 1. The van der Waals surface area contributed by atoms with Gasteiger partial charge in [0, 0.05) is 12.1 Å². The summed E-state index contributed by atoms with van der Waals surface area (Å²) >= 11 is 0. The standard InChI is InChI=1S/C13H17NO4/c1-3-11(16)14(10-7-5-4-6-8-10)12(9(2)15)13(17)18/h4-9,12,15H,3H2,1-2H3,(H,17,18)/t9-,12+/m1/s1. The lowest BCUT2D eigenvalue weighted by Gasteiger charge is -2.30. The van der Waals surface area contributed by atoms with Gasteiger partial charge in [-0.25, -0.2) is 4.79 Å². The molecule has 5 nitrogen and oxygen atoms in total. The van der Waals surface area contributed by atoms with Crippen LogP contribution in [0.5, 0.6) is 0 Å². The van der Waals surface area contributed by atoms with E-state index in [0.29, 0.717) is 5.69 Å². The molecule has 2 N–H and O–H groups in total. The number of aliphatic hydroxyl groups is 1. The maximum atomic E-state index is 11.9. The van der Waals surface area contributed by atoms with Crippen molar-refractivity contribution in [3.63, 3.8) is 0 Å². The largest absolute Gasteiger partial charge is 0.480 e. The Morgan fingerprint density at radius 2 is 1.83 bits per heavy atom. The summed E-state index contributed by atoms with van der Waals surface area (Å²) in [6.45, 7) is 3.01. The average molecular weight is 251 g/mol. The van der Waals surface area contributed by atoms with Crippen molar-refractivity contribution in [3.05, 3.63) is 30.3 Å². The first-order valence-corrected chi connectivity index (χ1v) is 5.77. The molecule has 98 valence electrons. The van der Waals surface area contributed by atoms with Crippen molar-refractivity contribution < 1.29 is 19.8 Å². The molecule has 0 spiro atoms. The van der Waals surface area contributed by atoms with E-state index in [1.54, 1.807) is 37.3 Å².